The second kappa shape index (κ2) is 6.44. The summed E-state index contributed by atoms with van der Waals surface area (Å²) in [6, 6.07) is 4.05. The number of thiazole rings is 1. The quantitative estimate of drug-likeness (QED) is 0.757. The fourth-order valence-electron chi connectivity index (χ4n) is 1.55. The van der Waals surface area contributed by atoms with Crippen molar-refractivity contribution in [2.24, 2.45) is 5.73 Å². The first-order valence-corrected chi connectivity index (χ1v) is 6.49. The van der Waals surface area contributed by atoms with E-state index < -0.39 is 0 Å². The summed E-state index contributed by atoms with van der Waals surface area (Å²) in [5.74, 6) is 0. The highest BCUT2D eigenvalue weighted by Crippen LogP contribution is 2.04. The number of rotatable bonds is 6. The molecule has 90 valence electrons. The van der Waals surface area contributed by atoms with E-state index in [0.29, 0.717) is 6.54 Å². The van der Waals surface area contributed by atoms with E-state index in [1.54, 1.807) is 17.5 Å². The molecule has 0 aromatic carbocycles. The molecule has 0 fully saturated rings. The van der Waals surface area contributed by atoms with Gasteiger partial charge in [-0.1, -0.05) is 0 Å². The lowest BCUT2D eigenvalue weighted by Crippen LogP contribution is -2.17. The molecule has 17 heavy (non-hydrogen) atoms. The summed E-state index contributed by atoms with van der Waals surface area (Å²) < 4.78 is 0. The molecular weight excluding hydrogens is 232 g/mol. The zero-order valence-corrected chi connectivity index (χ0v) is 10.4. The van der Waals surface area contributed by atoms with Crippen molar-refractivity contribution in [2.75, 3.05) is 6.54 Å². The summed E-state index contributed by atoms with van der Waals surface area (Å²) in [7, 11) is 0. The number of hydrogen-bond acceptors (Lipinski definition) is 5. The van der Waals surface area contributed by atoms with Crippen molar-refractivity contribution in [1.29, 1.82) is 0 Å². The molecule has 0 aliphatic heterocycles. The number of pyridine rings is 1. The van der Waals surface area contributed by atoms with Crippen molar-refractivity contribution in [2.45, 2.75) is 19.5 Å². The Morgan fingerprint density at radius 3 is 3.00 bits per heavy atom. The van der Waals surface area contributed by atoms with Crippen LogP contribution in [0.5, 0.6) is 0 Å². The van der Waals surface area contributed by atoms with Crippen LogP contribution in [0.1, 0.15) is 16.3 Å². The molecule has 0 aliphatic carbocycles. The zero-order chi connectivity index (χ0) is 11.9. The van der Waals surface area contributed by atoms with Crippen molar-refractivity contribution >= 4 is 11.3 Å². The largest absolute Gasteiger partial charge is 0.325 e. The third-order valence-corrected chi connectivity index (χ3v) is 3.26. The molecule has 0 bridgehead atoms. The molecule has 0 radical (unpaired) electrons. The Hall–Kier alpha value is -1.30. The summed E-state index contributed by atoms with van der Waals surface area (Å²) in [5, 5.41) is 6.57. The van der Waals surface area contributed by atoms with Crippen LogP contribution in [0.2, 0.25) is 0 Å². The number of nitrogens with one attached hydrogen (secondary N) is 1. The van der Waals surface area contributed by atoms with E-state index in [1.165, 1.54) is 10.6 Å². The van der Waals surface area contributed by atoms with E-state index in [9.17, 15) is 0 Å². The van der Waals surface area contributed by atoms with Gasteiger partial charge >= 0.3 is 0 Å². The van der Waals surface area contributed by atoms with Crippen LogP contribution in [0.25, 0.3) is 0 Å². The maximum atomic E-state index is 5.55. The molecule has 3 N–H and O–H groups in total. The van der Waals surface area contributed by atoms with Crippen LogP contribution in [0.4, 0.5) is 0 Å². The summed E-state index contributed by atoms with van der Waals surface area (Å²) >= 11 is 1.70. The Morgan fingerprint density at radius 2 is 2.24 bits per heavy atom. The maximum absolute atomic E-state index is 5.55. The summed E-state index contributed by atoms with van der Waals surface area (Å²) in [6.45, 7) is 2.28. The van der Waals surface area contributed by atoms with Gasteiger partial charge in [0.2, 0.25) is 0 Å². The Bertz CT molecular complexity index is 442. The van der Waals surface area contributed by atoms with Gasteiger partial charge in [0, 0.05) is 43.8 Å². The average Bonchev–Trinajstić information content (AvgIpc) is 2.88. The predicted octanol–water partition coefficient (Wildman–Crippen LogP) is 1.33. The van der Waals surface area contributed by atoms with E-state index in [0.717, 1.165) is 25.2 Å². The first kappa shape index (κ1) is 12.2. The number of hydrogen-bond donors (Lipinski definition) is 2. The molecule has 2 aromatic rings. The van der Waals surface area contributed by atoms with E-state index in [4.69, 9.17) is 5.73 Å². The molecule has 0 amide bonds. The predicted molar refractivity (Wildman–Crippen MR) is 69.7 cm³/mol. The normalized spacial score (nSPS) is 10.6. The van der Waals surface area contributed by atoms with Crippen molar-refractivity contribution in [3.8, 4) is 0 Å². The highest BCUT2D eigenvalue weighted by Gasteiger charge is 1.97. The number of nitrogens with two attached hydrogens (primary N) is 1. The van der Waals surface area contributed by atoms with Gasteiger partial charge in [0.15, 0.2) is 0 Å². The molecule has 0 atom stereocenters. The first-order valence-electron chi connectivity index (χ1n) is 5.61. The van der Waals surface area contributed by atoms with Crippen molar-refractivity contribution < 1.29 is 0 Å². The lowest BCUT2D eigenvalue weighted by molar-refractivity contribution is 0.683. The van der Waals surface area contributed by atoms with Gasteiger partial charge in [-0.2, -0.15) is 0 Å². The molecule has 5 heteroatoms. The third-order valence-electron chi connectivity index (χ3n) is 2.42. The van der Waals surface area contributed by atoms with Crippen LogP contribution >= 0.6 is 11.3 Å². The molecular formula is C12H16N4S. The summed E-state index contributed by atoms with van der Waals surface area (Å²) in [5.41, 5.74) is 7.70. The zero-order valence-electron chi connectivity index (χ0n) is 9.60. The van der Waals surface area contributed by atoms with Gasteiger partial charge in [0.1, 0.15) is 0 Å². The Balaban J connectivity index is 1.74. The van der Waals surface area contributed by atoms with Crippen LogP contribution < -0.4 is 11.1 Å². The van der Waals surface area contributed by atoms with Crippen molar-refractivity contribution in [3.05, 3.63) is 46.2 Å². The number of nitrogens with zero attached hydrogens (tertiary/aromatic N) is 2. The second-order valence-corrected chi connectivity index (χ2v) is 4.69. The van der Waals surface area contributed by atoms with Gasteiger partial charge in [-0.3, -0.25) is 4.98 Å². The number of aromatic nitrogens is 2. The maximum Gasteiger partial charge on any atom is 0.0937 e. The average molecular weight is 248 g/mol. The minimum atomic E-state index is 0.493. The van der Waals surface area contributed by atoms with Crippen LogP contribution in [-0.4, -0.2) is 16.5 Å². The van der Waals surface area contributed by atoms with Crippen LogP contribution in [0.15, 0.2) is 29.9 Å². The van der Waals surface area contributed by atoms with Crippen LogP contribution in [-0.2, 0) is 19.5 Å². The van der Waals surface area contributed by atoms with Gasteiger partial charge in [0.05, 0.1) is 10.7 Å². The highest BCUT2D eigenvalue weighted by atomic mass is 32.1. The Morgan fingerprint density at radius 1 is 1.29 bits per heavy atom. The highest BCUT2D eigenvalue weighted by molar-refractivity contribution is 7.09. The summed E-state index contributed by atoms with van der Waals surface area (Å²) in [4.78, 5) is 8.41. The fourth-order valence-corrected chi connectivity index (χ4v) is 2.17. The monoisotopic (exact) mass is 248 g/mol. The van der Waals surface area contributed by atoms with Crippen molar-refractivity contribution in [1.82, 2.24) is 15.3 Å². The third kappa shape index (κ3) is 3.89. The van der Waals surface area contributed by atoms with E-state index in [-0.39, 0.29) is 0 Å². The van der Waals surface area contributed by atoms with Crippen LogP contribution in [0, 0.1) is 0 Å². The lowest BCUT2D eigenvalue weighted by atomic mass is 10.2. The molecule has 0 spiro atoms. The minimum Gasteiger partial charge on any atom is -0.325 e. The Kier molecular flexibility index (Phi) is 4.61. The van der Waals surface area contributed by atoms with Gasteiger partial charge in [-0.15, -0.1) is 11.3 Å². The van der Waals surface area contributed by atoms with Crippen molar-refractivity contribution in [3.63, 3.8) is 0 Å². The molecule has 0 saturated heterocycles. The molecule has 2 heterocycles. The van der Waals surface area contributed by atoms with Gasteiger partial charge in [-0.05, 0) is 17.7 Å². The first-order chi connectivity index (χ1) is 8.38. The minimum absolute atomic E-state index is 0.493. The second-order valence-electron chi connectivity index (χ2n) is 3.71. The van der Waals surface area contributed by atoms with Gasteiger partial charge in [0.25, 0.3) is 0 Å². The Labute approximate surface area is 105 Å². The van der Waals surface area contributed by atoms with Gasteiger partial charge < -0.3 is 11.1 Å². The smallest absolute Gasteiger partial charge is 0.0937 e. The van der Waals surface area contributed by atoms with Gasteiger partial charge in [-0.25, -0.2) is 4.98 Å². The van der Waals surface area contributed by atoms with E-state index >= 15 is 0 Å². The van der Waals surface area contributed by atoms with E-state index in [1.807, 2.05) is 23.7 Å². The summed E-state index contributed by atoms with van der Waals surface area (Å²) in [6.07, 6.45) is 4.63. The molecule has 2 rings (SSSR count). The standard InChI is InChI=1S/C12H16N4S/c13-8-11-7-10(1-4-15-11)9-14-3-2-12-16-5-6-17-12/h1,4-7,14H,2-3,8-9,13H2. The molecule has 2 aromatic heterocycles. The SMILES string of the molecule is NCc1cc(CNCCc2nccs2)ccn1. The molecule has 0 saturated carbocycles. The topological polar surface area (TPSA) is 63.8 Å². The van der Waals surface area contributed by atoms with E-state index in [2.05, 4.69) is 15.3 Å². The van der Waals surface area contributed by atoms with Crippen LogP contribution in [0.3, 0.4) is 0 Å². The molecule has 4 nitrogen and oxygen atoms in total. The lowest BCUT2D eigenvalue weighted by Gasteiger charge is -2.04. The molecule has 0 aliphatic rings. The fraction of sp³-hybridized carbons (Fsp3) is 0.333. The molecule has 0 unspecified atom stereocenters.